The van der Waals surface area contributed by atoms with Crippen LogP contribution in [0.3, 0.4) is 0 Å². The molecule has 4 rings (SSSR count). The molecule has 3 heterocycles. The van der Waals surface area contributed by atoms with Gasteiger partial charge in [0.1, 0.15) is 18.2 Å². The van der Waals surface area contributed by atoms with Crippen LogP contribution in [0.2, 0.25) is 0 Å². The van der Waals surface area contributed by atoms with Crippen molar-refractivity contribution in [3.05, 3.63) is 36.0 Å². The first-order valence-corrected chi connectivity index (χ1v) is 13.1. The van der Waals surface area contributed by atoms with Crippen molar-refractivity contribution in [2.45, 2.75) is 71.6 Å². The zero-order valence-electron chi connectivity index (χ0n) is 22.3. The molecule has 1 N–H and O–H groups in total. The molecule has 1 aromatic carbocycles. The number of carbonyl (C=O) groups excluding carboxylic acids is 4. The van der Waals surface area contributed by atoms with Crippen molar-refractivity contribution in [3.63, 3.8) is 0 Å². The number of nitrogens with one attached hydrogen (secondary N) is 1. The molecule has 2 aliphatic heterocycles. The molecule has 1 saturated heterocycles. The number of carbonyl (C=O) groups is 4. The van der Waals surface area contributed by atoms with E-state index in [-0.39, 0.29) is 32.0 Å². The Labute approximate surface area is 222 Å². The first-order valence-electron chi connectivity index (χ1n) is 13.1. The number of rotatable bonds is 2. The number of hydrogen-bond donors (Lipinski definition) is 1. The Kier molecular flexibility index (Phi) is 8.18. The molecule has 204 valence electrons. The summed E-state index contributed by atoms with van der Waals surface area (Å²) in [7, 11) is 0. The fourth-order valence-electron chi connectivity index (χ4n) is 4.83. The third-order valence-electron chi connectivity index (χ3n) is 6.84. The Morgan fingerprint density at radius 2 is 1.97 bits per heavy atom. The number of aromatic nitrogens is 1. The number of ketones is 1. The van der Waals surface area contributed by atoms with E-state index in [0.29, 0.717) is 36.1 Å². The van der Waals surface area contributed by atoms with Gasteiger partial charge in [-0.1, -0.05) is 32.9 Å². The van der Waals surface area contributed by atoms with Gasteiger partial charge in [-0.3, -0.25) is 9.59 Å². The molecular formula is C28H35N3O7. The van der Waals surface area contributed by atoms with E-state index in [9.17, 15) is 19.2 Å². The van der Waals surface area contributed by atoms with E-state index in [1.54, 1.807) is 25.3 Å². The van der Waals surface area contributed by atoms with Crippen LogP contribution in [0.25, 0.3) is 10.8 Å². The maximum atomic E-state index is 13.8. The minimum absolute atomic E-state index is 0.0277. The molecule has 2 aromatic rings. The molecule has 0 aliphatic carbocycles. The van der Waals surface area contributed by atoms with Crippen molar-refractivity contribution < 1.29 is 33.4 Å². The van der Waals surface area contributed by atoms with Crippen LogP contribution < -0.4 is 10.1 Å². The van der Waals surface area contributed by atoms with Crippen molar-refractivity contribution in [1.29, 1.82) is 0 Å². The summed E-state index contributed by atoms with van der Waals surface area (Å²) in [6.07, 6.45) is 1.87. The maximum absolute atomic E-state index is 13.8. The summed E-state index contributed by atoms with van der Waals surface area (Å²) in [5.74, 6) is -0.653. The van der Waals surface area contributed by atoms with Gasteiger partial charge in [-0.05, 0) is 42.7 Å². The van der Waals surface area contributed by atoms with Crippen LogP contribution in [0.15, 0.2) is 30.5 Å². The second-order valence-corrected chi connectivity index (χ2v) is 10.7. The van der Waals surface area contributed by atoms with E-state index in [1.807, 2.05) is 32.9 Å². The summed E-state index contributed by atoms with van der Waals surface area (Å²) in [6, 6.07) is 5.39. The van der Waals surface area contributed by atoms with E-state index in [1.165, 1.54) is 4.90 Å². The third-order valence-corrected chi connectivity index (χ3v) is 6.84. The van der Waals surface area contributed by atoms with Gasteiger partial charge < -0.3 is 24.4 Å². The highest BCUT2D eigenvalue weighted by molar-refractivity contribution is 6.01. The van der Waals surface area contributed by atoms with Crippen LogP contribution in [-0.2, 0) is 19.1 Å². The first kappa shape index (κ1) is 27.3. The largest absolute Gasteiger partial charge is 0.472 e. The first-order chi connectivity index (χ1) is 18.1. The summed E-state index contributed by atoms with van der Waals surface area (Å²) in [4.78, 5) is 58.0. The second-order valence-electron chi connectivity index (χ2n) is 10.7. The van der Waals surface area contributed by atoms with Gasteiger partial charge in [0.05, 0.1) is 19.8 Å². The molecule has 0 spiro atoms. The van der Waals surface area contributed by atoms with E-state index in [0.717, 1.165) is 5.39 Å². The standard InChI is InChI=1S/C28H35N3O7/c1-5-36-26(34)21-15-19-16-31(21)25(33)23(28(2,3)4)30-27(35)37-13-7-6-8-22(32)18-10-9-17-11-12-29-24(38-19)20(17)14-18/h9-12,14,19,21,23H,5-8,13,15-16H2,1-4H3,(H,30,35)/t19-,21-,23+/m0/s1. The van der Waals surface area contributed by atoms with Gasteiger partial charge >= 0.3 is 12.1 Å². The van der Waals surface area contributed by atoms with Crippen LogP contribution in [0.5, 0.6) is 5.88 Å². The van der Waals surface area contributed by atoms with E-state index < -0.39 is 41.6 Å². The smallest absolute Gasteiger partial charge is 0.407 e. The normalized spacial score (nSPS) is 23.3. The molecule has 0 unspecified atom stereocenters. The van der Waals surface area contributed by atoms with Gasteiger partial charge in [0.25, 0.3) is 0 Å². The molecule has 2 amide bonds. The van der Waals surface area contributed by atoms with Crippen molar-refractivity contribution in [1.82, 2.24) is 15.2 Å². The molecule has 10 heteroatoms. The molecule has 0 saturated carbocycles. The van der Waals surface area contributed by atoms with Crippen molar-refractivity contribution >= 4 is 34.5 Å². The summed E-state index contributed by atoms with van der Waals surface area (Å²) in [6.45, 7) is 7.56. The highest BCUT2D eigenvalue weighted by Crippen LogP contribution is 2.31. The molecule has 0 radical (unpaired) electrons. The van der Waals surface area contributed by atoms with Gasteiger partial charge in [-0.15, -0.1) is 0 Å². The molecular weight excluding hydrogens is 490 g/mol. The number of hydrogen-bond acceptors (Lipinski definition) is 8. The van der Waals surface area contributed by atoms with E-state index >= 15 is 0 Å². The number of esters is 1. The van der Waals surface area contributed by atoms with Crippen LogP contribution >= 0.6 is 0 Å². The van der Waals surface area contributed by atoms with Crippen molar-refractivity contribution in [3.8, 4) is 5.88 Å². The SMILES string of the molecule is CCOC(=O)[C@@H]1C[C@H]2CN1C(=O)[C@H](C(C)(C)C)NC(=O)OCCCCC(=O)c1ccc3ccnc(c3c1)O2. The number of ether oxygens (including phenoxy) is 3. The van der Waals surface area contributed by atoms with Gasteiger partial charge in [0, 0.05) is 30.0 Å². The van der Waals surface area contributed by atoms with Crippen LogP contribution in [-0.4, -0.2) is 71.6 Å². The van der Waals surface area contributed by atoms with E-state index in [4.69, 9.17) is 14.2 Å². The maximum Gasteiger partial charge on any atom is 0.407 e. The number of pyridine rings is 1. The van der Waals surface area contributed by atoms with Gasteiger partial charge in [0.15, 0.2) is 5.78 Å². The highest BCUT2D eigenvalue weighted by Gasteiger charge is 2.46. The third kappa shape index (κ3) is 6.06. The number of alkyl carbamates (subject to hydrolysis) is 1. The highest BCUT2D eigenvalue weighted by atomic mass is 16.5. The summed E-state index contributed by atoms with van der Waals surface area (Å²) in [5, 5.41) is 4.23. The summed E-state index contributed by atoms with van der Waals surface area (Å²) < 4.78 is 16.8. The Hall–Kier alpha value is -3.69. The molecule has 1 fully saturated rings. The lowest BCUT2D eigenvalue weighted by molar-refractivity contribution is -0.154. The number of cyclic esters (lactones) is 1. The van der Waals surface area contributed by atoms with Crippen molar-refractivity contribution in [2.24, 2.45) is 5.41 Å². The summed E-state index contributed by atoms with van der Waals surface area (Å²) >= 11 is 0. The number of fused-ring (bicyclic) bond motifs is 3. The minimum atomic E-state index is -0.954. The lowest BCUT2D eigenvalue weighted by Gasteiger charge is -2.34. The average molecular weight is 526 g/mol. The van der Waals surface area contributed by atoms with E-state index in [2.05, 4.69) is 10.3 Å². The fraction of sp³-hybridized carbons (Fsp3) is 0.536. The Morgan fingerprint density at radius 3 is 2.71 bits per heavy atom. The molecule has 10 nitrogen and oxygen atoms in total. The van der Waals surface area contributed by atoms with Gasteiger partial charge in [-0.2, -0.15) is 0 Å². The lowest BCUT2D eigenvalue weighted by Crippen LogP contribution is -2.57. The monoisotopic (exact) mass is 525 g/mol. The molecule has 4 bridgehead atoms. The van der Waals surface area contributed by atoms with Crippen LogP contribution in [0.1, 0.15) is 63.7 Å². The quantitative estimate of drug-likeness (QED) is 0.589. The predicted molar refractivity (Wildman–Crippen MR) is 139 cm³/mol. The molecule has 2 aliphatic rings. The Balaban J connectivity index is 1.73. The number of benzene rings is 1. The van der Waals surface area contributed by atoms with Crippen LogP contribution in [0.4, 0.5) is 4.79 Å². The lowest BCUT2D eigenvalue weighted by atomic mass is 9.85. The zero-order chi connectivity index (χ0) is 27.4. The molecule has 3 atom stereocenters. The number of nitrogens with zero attached hydrogens (tertiary/aromatic N) is 2. The predicted octanol–water partition coefficient (Wildman–Crippen LogP) is 3.65. The van der Waals surface area contributed by atoms with Gasteiger partial charge in [-0.25, -0.2) is 14.6 Å². The molecule has 38 heavy (non-hydrogen) atoms. The van der Waals surface area contributed by atoms with Crippen molar-refractivity contribution in [2.75, 3.05) is 19.8 Å². The fourth-order valence-corrected chi connectivity index (χ4v) is 4.83. The topological polar surface area (TPSA) is 124 Å². The van der Waals surface area contributed by atoms with Gasteiger partial charge in [0.2, 0.25) is 11.8 Å². The second kappa shape index (κ2) is 11.4. The average Bonchev–Trinajstić information content (AvgIpc) is 3.29. The number of Topliss-reactive ketones (excluding diaryl/α,β-unsaturated/α-hetero) is 1. The zero-order valence-corrected chi connectivity index (χ0v) is 22.3. The Morgan fingerprint density at radius 1 is 1.18 bits per heavy atom. The van der Waals surface area contributed by atoms with Crippen LogP contribution in [0, 0.1) is 5.41 Å². The summed E-state index contributed by atoms with van der Waals surface area (Å²) in [5.41, 5.74) is -0.134. The minimum Gasteiger partial charge on any atom is -0.472 e. The Bertz CT molecular complexity index is 1220. The number of amides is 2. The molecule has 1 aromatic heterocycles.